The minimum atomic E-state index is -0.510. The minimum absolute atomic E-state index is 0.510. The van der Waals surface area contributed by atoms with Crippen LogP contribution in [-0.2, 0) is 12.8 Å². The van der Waals surface area contributed by atoms with Gasteiger partial charge >= 0.3 is 0 Å². The summed E-state index contributed by atoms with van der Waals surface area (Å²) in [5.74, 6) is 0. The van der Waals surface area contributed by atoms with Gasteiger partial charge in [-0.2, -0.15) is 0 Å². The topological polar surface area (TPSA) is 20.2 Å². The van der Waals surface area contributed by atoms with Gasteiger partial charge in [0.1, 0.15) is 0 Å². The number of rotatable bonds is 4. The predicted molar refractivity (Wildman–Crippen MR) is 78.5 cm³/mol. The molecule has 0 fully saturated rings. The van der Waals surface area contributed by atoms with Crippen LogP contribution in [0.3, 0.4) is 0 Å². The van der Waals surface area contributed by atoms with Crippen molar-refractivity contribution in [3.05, 3.63) is 56.2 Å². The minimum Gasteiger partial charge on any atom is -0.387 e. The predicted octanol–water partition coefficient (Wildman–Crippen LogP) is 4.55. The first-order valence-electron chi connectivity index (χ1n) is 6.11. The monoisotopic (exact) mass is 280 g/mol. The van der Waals surface area contributed by atoms with E-state index in [4.69, 9.17) is 11.6 Å². The van der Waals surface area contributed by atoms with Crippen LogP contribution in [0.15, 0.2) is 29.6 Å². The summed E-state index contributed by atoms with van der Waals surface area (Å²) in [5.41, 5.74) is 3.50. The van der Waals surface area contributed by atoms with Gasteiger partial charge in [-0.3, -0.25) is 0 Å². The van der Waals surface area contributed by atoms with Crippen molar-refractivity contribution >= 4 is 22.9 Å². The van der Waals surface area contributed by atoms with Gasteiger partial charge < -0.3 is 5.11 Å². The number of halogens is 1. The van der Waals surface area contributed by atoms with Crippen LogP contribution < -0.4 is 0 Å². The Morgan fingerprint density at radius 1 is 1.22 bits per heavy atom. The fraction of sp³-hybridized carbons (Fsp3) is 0.333. The molecule has 2 rings (SSSR count). The lowest BCUT2D eigenvalue weighted by molar-refractivity contribution is 0.182. The molecule has 1 N–H and O–H groups in total. The summed E-state index contributed by atoms with van der Waals surface area (Å²) >= 11 is 7.70. The Morgan fingerprint density at radius 3 is 2.33 bits per heavy atom. The molecular formula is C15H17ClOS. The fourth-order valence-corrected chi connectivity index (χ4v) is 3.21. The molecule has 1 aromatic heterocycles. The zero-order valence-corrected chi connectivity index (χ0v) is 12.2. The lowest BCUT2D eigenvalue weighted by atomic mass is 10.0. The molecule has 1 aromatic carbocycles. The molecule has 96 valence electrons. The molecule has 0 saturated heterocycles. The Kier molecular flexibility index (Phi) is 4.44. The van der Waals surface area contributed by atoms with Gasteiger partial charge in [0, 0.05) is 6.42 Å². The van der Waals surface area contributed by atoms with Crippen molar-refractivity contribution in [1.82, 2.24) is 0 Å². The maximum Gasteiger partial charge on any atom is 0.0937 e. The Labute approximate surface area is 117 Å². The second kappa shape index (κ2) is 5.87. The maximum absolute atomic E-state index is 10.2. The normalized spacial score (nSPS) is 12.7. The third-order valence-electron chi connectivity index (χ3n) is 3.09. The van der Waals surface area contributed by atoms with E-state index in [0.29, 0.717) is 11.4 Å². The first kappa shape index (κ1) is 13.6. The first-order valence-corrected chi connectivity index (χ1v) is 7.37. The van der Waals surface area contributed by atoms with Gasteiger partial charge in [-0.1, -0.05) is 42.8 Å². The van der Waals surface area contributed by atoms with Crippen molar-refractivity contribution in [1.29, 1.82) is 0 Å². The molecule has 1 atom stereocenters. The summed E-state index contributed by atoms with van der Waals surface area (Å²) in [6.07, 6.45) is 1.14. The molecule has 18 heavy (non-hydrogen) atoms. The van der Waals surface area contributed by atoms with Gasteiger partial charge in [0.2, 0.25) is 0 Å². The number of hydrogen-bond acceptors (Lipinski definition) is 2. The summed E-state index contributed by atoms with van der Waals surface area (Å²) in [7, 11) is 0. The summed E-state index contributed by atoms with van der Waals surface area (Å²) < 4.78 is 0. The van der Waals surface area contributed by atoms with Gasteiger partial charge in [-0.15, -0.1) is 11.3 Å². The second-order valence-electron chi connectivity index (χ2n) is 4.49. The van der Waals surface area contributed by atoms with E-state index in [1.165, 1.54) is 16.9 Å². The van der Waals surface area contributed by atoms with Crippen LogP contribution in [0.5, 0.6) is 0 Å². The molecular weight excluding hydrogens is 264 g/mol. The molecule has 0 aliphatic heterocycles. The molecule has 0 bridgehead atoms. The number of hydrogen-bond donors (Lipinski definition) is 1. The van der Waals surface area contributed by atoms with Crippen LogP contribution in [0, 0.1) is 6.92 Å². The average Bonchev–Trinajstić information content (AvgIpc) is 2.71. The van der Waals surface area contributed by atoms with E-state index in [-0.39, 0.29) is 0 Å². The third kappa shape index (κ3) is 2.94. The van der Waals surface area contributed by atoms with E-state index >= 15 is 0 Å². The number of aliphatic hydroxyl groups excluding tert-OH is 1. The Hall–Kier alpha value is -0.830. The first-order chi connectivity index (χ1) is 8.61. The molecule has 1 unspecified atom stereocenters. The maximum atomic E-state index is 10.2. The zero-order chi connectivity index (χ0) is 13.1. The summed E-state index contributed by atoms with van der Waals surface area (Å²) in [6.45, 7) is 4.10. The average molecular weight is 281 g/mol. The van der Waals surface area contributed by atoms with Crippen molar-refractivity contribution < 1.29 is 5.11 Å². The smallest absolute Gasteiger partial charge is 0.0937 e. The molecule has 1 heterocycles. The number of benzene rings is 1. The molecule has 0 radical (unpaired) electrons. The number of aliphatic hydroxyl groups is 1. The van der Waals surface area contributed by atoms with E-state index in [0.717, 1.165) is 22.4 Å². The highest BCUT2D eigenvalue weighted by molar-refractivity contribution is 7.10. The standard InChI is InChI=1S/C15H17ClOS/c1-3-11-4-6-12(7-5-11)8-13(17)15-14(16)10(2)9-18-15/h4-7,9,13,17H,3,8H2,1-2H3. The molecule has 0 amide bonds. The van der Waals surface area contributed by atoms with Crippen LogP contribution in [0.25, 0.3) is 0 Å². The van der Waals surface area contributed by atoms with Gasteiger partial charge in [0.25, 0.3) is 0 Å². The van der Waals surface area contributed by atoms with Gasteiger partial charge in [-0.25, -0.2) is 0 Å². The van der Waals surface area contributed by atoms with Gasteiger partial charge in [0.05, 0.1) is 16.0 Å². The van der Waals surface area contributed by atoms with Crippen LogP contribution in [0.1, 0.15) is 34.6 Å². The van der Waals surface area contributed by atoms with Gasteiger partial charge in [-0.05, 0) is 35.4 Å². The van der Waals surface area contributed by atoms with Crippen molar-refractivity contribution in [2.24, 2.45) is 0 Å². The lowest BCUT2D eigenvalue weighted by Gasteiger charge is -2.10. The molecule has 0 aliphatic rings. The third-order valence-corrected chi connectivity index (χ3v) is 4.90. The Morgan fingerprint density at radius 2 is 1.83 bits per heavy atom. The van der Waals surface area contributed by atoms with E-state index in [1.807, 2.05) is 12.3 Å². The Bertz CT molecular complexity index is 516. The van der Waals surface area contributed by atoms with Crippen molar-refractivity contribution in [3.8, 4) is 0 Å². The second-order valence-corrected chi connectivity index (χ2v) is 5.78. The molecule has 0 saturated carbocycles. The van der Waals surface area contributed by atoms with Crippen LogP contribution in [-0.4, -0.2) is 5.11 Å². The molecule has 1 nitrogen and oxygen atoms in total. The fourth-order valence-electron chi connectivity index (χ4n) is 1.90. The molecule has 0 spiro atoms. The highest BCUT2D eigenvalue weighted by Crippen LogP contribution is 2.33. The SMILES string of the molecule is CCc1ccc(CC(O)c2scc(C)c2Cl)cc1. The van der Waals surface area contributed by atoms with Crippen LogP contribution in [0.4, 0.5) is 0 Å². The van der Waals surface area contributed by atoms with E-state index in [9.17, 15) is 5.11 Å². The van der Waals surface area contributed by atoms with Crippen molar-refractivity contribution in [3.63, 3.8) is 0 Å². The molecule has 2 aromatic rings. The quantitative estimate of drug-likeness (QED) is 0.871. The number of aryl methyl sites for hydroxylation is 2. The van der Waals surface area contributed by atoms with E-state index in [2.05, 4.69) is 31.2 Å². The highest BCUT2D eigenvalue weighted by atomic mass is 35.5. The summed E-state index contributed by atoms with van der Waals surface area (Å²) in [4.78, 5) is 0.869. The van der Waals surface area contributed by atoms with Crippen molar-refractivity contribution in [2.45, 2.75) is 32.8 Å². The number of thiophene rings is 1. The molecule has 0 aliphatic carbocycles. The summed E-state index contributed by atoms with van der Waals surface area (Å²) in [5, 5.41) is 12.9. The molecule has 3 heteroatoms. The lowest BCUT2D eigenvalue weighted by Crippen LogP contribution is -2.00. The highest BCUT2D eigenvalue weighted by Gasteiger charge is 2.15. The van der Waals surface area contributed by atoms with Gasteiger partial charge in [0.15, 0.2) is 0 Å². The Balaban J connectivity index is 2.11. The van der Waals surface area contributed by atoms with Crippen LogP contribution >= 0.6 is 22.9 Å². The largest absolute Gasteiger partial charge is 0.387 e. The van der Waals surface area contributed by atoms with E-state index < -0.39 is 6.10 Å². The van der Waals surface area contributed by atoms with Crippen LogP contribution in [0.2, 0.25) is 5.02 Å². The van der Waals surface area contributed by atoms with Crippen molar-refractivity contribution in [2.75, 3.05) is 0 Å². The zero-order valence-electron chi connectivity index (χ0n) is 10.6. The van der Waals surface area contributed by atoms with E-state index in [1.54, 1.807) is 0 Å². The summed E-state index contributed by atoms with van der Waals surface area (Å²) in [6, 6.07) is 8.39.